The fraction of sp³-hybridized carbons (Fsp3) is 0.333. The molecular formula is C30H30F3N3O6. The summed E-state index contributed by atoms with van der Waals surface area (Å²) in [6.07, 6.45) is -5.89. The number of esters is 3. The molecule has 1 unspecified atom stereocenters. The molecule has 0 saturated carbocycles. The van der Waals surface area contributed by atoms with Gasteiger partial charge < -0.3 is 24.8 Å². The van der Waals surface area contributed by atoms with E-state index in [0.29, 0.717) is 11.1 Å². The maximum Gasteiger partial charge on any atom is 0.416 e. The van der Waals surface area contributed by atoms with Gasteiger partial charge >= 0.3 is 24.1 Å². The van der Waals surface area contributed by atoms with Gasteiger partial charge in [0.05, 0.1) is 53.9 Å². The summed E-state index contributed by atoms with van der Waals surface area (Å²) >= 11 is 0. The number of hydrogen-bond acceptors (Lipinski definition) is 9. The standard InChI is InChI=1S/C30H30F3N3O6/c1-5-40-23(37)14-17(3)42-29(39)24-18(4)36(22-9-7-8-21(15-22)30(31,32)33)27(35)26(28(38)41-6-2)25(24)20-12-10-19(16-34)11-13-20/h7-13,15,17,25H,5-6,14,35H2,1-4H3/t17-,25?/m0/s1. The van der Waals surface area contributed by atoms with E-state index in [-0.39, 0.29) is 48.0 Å². The van der Waals surface area contributed by atoms with Gasteiger partial charge in [0.15, 0.2) is 0 Å². The molecule has 0 radical (unpaired) electrons. The summed E-state index contributed by atoms with van der Waals surface area (Å²) in [4.78, 5) is 40.3. The number of nitriles is 1. The van der Waals surface area contributed by atoms with Crippen LogP contribution in [0.3, 0.4) is 0 Å². The van der Waals surface area contributed by atoms with Crippen LogP contribution < -0.4 is 10.6 Å². The monoisotopic (exact) mass is 585 g/mol. The largest absolute Gasteiger partial charge is 0.466 e. The Hall–Kier alpha value is -4.79. The lowest BCUT2D eigenvalue weighted by Gasteiger charge is -2.37. The van der Waals surface area contributed by atoms with Crippen molar-refractivity contribution in [3.63, 3.8) is 0 Å². The van der Waals surface area contributed by atoms with Gasteiger partial charge in [-0.15, -0.1) is 0 Å². The molecule has 0 bridgehead atoms. The molecular weight excluding hydrogens is 555 g/mol. The van der Waals surface area contributed by atoms with E-state index in [1.165, 1.54) is 50.2 Å². The molecule has 1 aliphatic rings. The summed E-state index contributed by atoms with van der Waals surface area (Å²) in [7, 11) is 0. The number of carbonyl (C=O) groups is 3. The van der Waals surface area contributed by atoms with Gasteiger partial charge in [0.25, 0.3) is 0 Å². The number of allylic oxidation sites excluding steroid dienone is 1. The fourth-order valence-electron chi connectivity index (χ4n) is 4.60. The van der Waals surface area contributed by atoms with Crippen LogP contribution >= 0.6 is 0 Å². The van der Waals surface area contributed by atoms with Crippen LogP contribution in [0.2, 0.25) is 0 Å². The van der Waals surface area contributed by atoms with Gasteiger partial charge in [-0.05, 0) is 63.6 Å². The number of halogens is 3. The Morgan fingerprint density at radius 2 is 1.67 bits per heavy atom. The molecule has 2 N–H and O–H groups in total. The maximum absolute atomic E-state index is 13.8. The Kier molecular flexibility index (Phi) is 10.0. The summed E-state index contributed by atoms with van der Waals surface area (Å²) in [5, 5.41) is 9.26. The fourth-order valence-corrected chi connectivity index (χ4v) is 4.60. The van der Waals surface area contributed by atoms with E-state index in [1.54, 1.807) is 13.8 Å². The first-order valence-electron chi connectivity index (χ1n) is 13.0. The van der Waals surface area contributed by atoms with Crippen molar-refractivity contribution in [3.05, 3.63) is 87.9 Å². The number of rotatable bonds is 9. The first-order valence-corrected chi connectivity index (χ1v) is 13.0. The second-order valence-electron chi connectivity index (χ2n) is 9.29. The van der Waals surface area contributed by atoms with E-state index in [0.717, 1.165) is 17.0 Å². The van der Waals surface area contributed by atoms with Gasteiger partial charge in [-0.25, -0.2) is 9.59 Å². The van der Waals surface area contributed by atoms with E-state index in [1.807, 2.05) is 6.07 Å². The van der Waals surface area contributed by atoms with E-state index in [9.17, 15) is 32.8 Å². The molecule has 222 valence electrons. The molecule has 0 amide bonds. The van der Waals surface area contributed by atoms with Crippen molar-refractivity contribution in [1.29, 1.82) is 5.26 Å². The number of carbonyl (C=O) groups excluding carboxylic acids is 3. The topological polar surface area (TPSA) is 132 Å². The number of nitrogens with two attached hydrogens (primary N) is 1. The van der Waals surface area contributed by atoms with E-state index < -0.39 is 41.7 Å². The number of hydrogen-bond donors (Lipinski definition) is 1. The molecule has 2 aromatic carbocycles. The molecule has 3 rings (SSSR count). The minimum absolute atomic E-state index is 0.0572. The smallest absolute Gasteiger partial charge is 0.416 e. The molecule has 9 nitrogen and oxygen atoms in total. The van der Waals surface area contributed by atoms with Crippen molar-refractivity contribution in [1.82, 2.24) is 0 Å². The van der Waals surface area contributed by atoms with Crippen LogP contribution in [-0.2, 0) is 34.8 Å². The summed E-state index contributed by atoms with van der Waals surface area (Å²) in [6, 6.07) is 12.2. The van der Waals surface area contributed by atoms with Gasteiger partial charge in [0.2, 0.25) is 0 Å². The van der Waals surface area contributed by atoms with Crippen LogP contribution in [0, 0.1) is 11.3 Å². The normalized spacial score (nSPS) is 16.0. The molecule has 2 aromatic rings. The quantitative estimate of drug-likeness (QED) is 0.316. The molecule has 0 aromatic heterocycles. The maximum atomic E-state index is 13.8. The van der Waals surface area contributed by atoms with Crippen molar-refractivity contribution >= 4 is 23.6 Å². The van der Waals surface area contributed by atoms with Crippen LogP contribution in [0.4, 0.5) is 18.9 Å². The molecule has 0 spiro atoms. The zero-order valence-corrected chi connectivity index (χ0v) is 23.4. The van der Waals surface area contributed by atoms with Gasteiger partial charge in [-0.1, -0.05) is 18.2 Å². The summed E-state index contributed by atoms with van der Waals surface area (Å²) < 4.78 is 56.6. The zero-order chi connectivity index (χ0) is 31.2. The van der Waals surface area contributed by atoms with Crippen LogP contribution in [-0.4, -0.2) is 37.2 Å². The third kappa shape index (κ3) is 6.91. The van der Waals surface area contributed by atoms with Crippen LogP contribution in [0.15, 0.2) is 71.2 Å². The molecule has 0 aliphatic carbocycles. The van der Waals surface area contributed by atoms with Gasteiger partial charge in [-0.3, -0.25) is 4.79 Å². The second-order valence-corrected chi connectivity index (χ2v) is 9.29. The Bertz CT molecular complexity index is 1460. The molecule has 1 heterocycles. The number of nitrogens with zero attached hydrogens (tertiary/aromatic N) is 2. The third-order valence-electron chi connectivity index (χ3n) is 6.41. The lowest BCUT2D eigenvalue weighted by atomic mass is 9.80. The Labute approximate surface area is 240 Å². The highest BCUT2D eigenvalue weighted by atomic mass is 19.4. The third-order valence-corrected chi connectivity index (χ3v) is 6.41. The number of anilines is 1. The average molecular weight is 586 g/mol. The average Bonchev–Trinajstić information content (AvgIpc) is 2.92. The van der Waals surface area contributed by atoms with Crippen LogP contribution in [0.25, 0.3) is 0 Å². The van der Waals surface area contributed by atoms with E-state index >= 15 is 0 Å². The van der Waals surface area contributed by atoms with Crippen molar-refractivity contribution in [2.24, 2.45) is 5.73 Å². The lowest BCUT2D eigenvalue weighted by Crippen LogP contribution is -2.40. The highest BCUT2D eigenvalue weighted by Crippen LogP contribution is 2.44. The molecule has 12 heteroatoms. The van der Waals surface area contributed by atoms with Crippen LogP contribution in [0.1, 0.15) is 56.7 Å². The predicted molar refractivity (Wildman–Crippen MR) is 145 cm³/mol. The highest BCUT2D eigenvalue weighted by molar-refractivity contribution is 6.01. The first-order chi connectivity index (χ1) is 19.8. The summed E-state index contributed by atoms with van der Waals surface area (Å²) in [5.41, 5.74) is 5.90. The van der Waals surface area contributed by atoms with Gasteiger partial charge in [0, 0.05) is 11.4 Å². The van der Waals surface area contributed by atoms with Gasteiger partial charge in [0.1, 0.15) is 11.9 Å². The minimum atomic E-state index is -4.68. The molecule has 2 atom stereocenters. The number of ether oxygens (including phenoxy) is 3. The minimum Gasteiger partial charge on any atom is -0.466 e. The lowest BCUT2D eigenvalue weighted by molar-refractivity contribution is -0.151. The molecule has 0 fully saturated rings. The van der Waals surface area contributed by atoms with Crippen molar-refractivity contribution in [2.45, 2.75) is 52.3 Å². The van der Waals surface area contributed by atoms with E-state index in [4.69, 9.17) is 19.9 Å². The molecule has 1 aliphatic heterocycles. The Morgan fingerprint density at radius 1 is 1.02 bits per heavy atom. The second kappa shape index (κ2) is 13.2. The summed E-state index contributed by atoms with van der Waals surface area (Å²) in [5.74, 6) is -3.88. The highest BCUT2D eigenvalue weighted by Gasteiger charge is 2.42. The Morgan fingerprint density at radius 3 is 2.24 bits per heavy atom. The Balaban J connectivity index is 2.27. The van der Waals surface area contributed by atoms with Crippen molar-refractivity contribution < 1.29 is 41.8 Å². The molecule has 42 heavy (non-hydrogen) atoms. The zero-order valence-electron chi connectivity index (χ0n) is 23.4. The number of benzene rings is 2. The number of alkyl halides is 3. The van der Waals surface area contributed by atoms with Crippen molar-refractivity contribution in [3.8, 4) is 6.07 Å². The van der Waals surface area contributed by atoms with Gasteiger partial charge in [-0.2, -0.15) is 18.4 Å². The van der Waals surface area contributed by atoms with Crippen molar-refractivity contribution in [2.75, 3.05) is 18.1 Å². The predicted octanol–water partition coefficient (Wildman–Crippen LogP) is 5.07. The SMILES string of the molecule is CCOC(=O)C[C@H](C)OC(=O)C1=C(C)N(c2cccc(C(F)(F)F)c2)C(N)=C(C(=O)OCC)C1c1ccc(C#N)cc1. The van der Waals surface area contributed by atoms with E-state index in [2.05, 4.69) is 0 Å². The molecule has 0 saturated heterocycles. The summed E-state index contributed by atoms with van der Waals surface area (Å²) in [6.45, 7) is 6.19. The van der Waals surface area contributed by atoms with Crippen LogP contribution in [0.5, 0.6) is 0 Å². The first kappa shape index (κ1) is 31.7.